The third kappa shape index (κ3) is 6.12. The minimum Gasteiger partial charge on any atom is -0.357 e. The van der Waals surface area contributed by atoms with Gasteiger partial charge in [-0.2, -0.15) is 0 Å². The minimum atomic E-state index is -0.412. The number of thioether (sulfide) groups is 1. The van der Waals surface area contributed by atoms with Crippen molar-refractivity contribution < 1.29 is 9.59 Å². The molecule has 1 aliphatic carbocycles. The number of hydrogen-bond donors (Lipinski definition) is 3. The van der Waals surface area contributed by atoms with Gasteiger partial charge in [0.15, 0.2) is 4.34 Å². The fourth-order valence-electron chi connectivity index (χ4n) is 2.52. The van der Waals surface area contributed by atoms with Crippen molar-refractivity contribution in [2.75, 3.05) is 17.6 Å². The normalized spacial score (nSPS) is 20.2. The highest BCUT2D eigenvalue weighted by Gasteiger charge is 2.23. The molecule has 24 heavy (non-hydrogen) atoms. The second-order valence-electron chi connectivity index (χ2n) is 5.72. The number of amides is 3. The number of aromatic nitrogens is 2. The zero-order valence-corrected chi connectivity index (χ0v) is 15.3. The maximum absolute atomic E-state index is 11.9. The van der Waals surface area contributed by atoms with Crippen LogP contribution in [0.25, 0.3) is 0 Å². The Balaban J connectivity index is 1.69. The second kappa shape index (κ2) is 9.63. The van der Waals surface area contributed by atoms with Gasteiger partial charge in [0.25, 0.3) is 0 Å². The monoisotopic (exact) mass is 369 g/mol. The van der Waals surface area contributed by atoms with Crippen molar-refractivity contribution in [3.63, 3.8) is 0 Å². The molecule has 7 nitrogen and oxygen atoms in total. The molecule has 1 fully saturated rings. The summed E-state index contributed by atoms with van der Waals surface area (Å²) >= 11 is 2.62. The van der Waals surface area contributed by atoms with E-state index in [4.69, 9.17) is 0 Å². The maximum Gasteiger partial charge on any atom is 0.321 e. The number of nitrogens with zero attached hydrogens (tertiary/aromatic N) is 2. The quantitative estimate of drug-likeness (QED) is 0.505. The molecule has 1 aromatic rings. The van der Waals surface area contributed by atoms with Crippen LogP contribution in [-0.4, -0.2) is 40.5 Å². The third-order valence-corrected chi connectivity index (χ3v) is 5.83. The molecule has 0 spiro atoms. The van der Waals surface area contributed by atoms with Gasteiger partial charge in [0, 0.05) is 12.6 Å². The lowest BCUT2D eigenvalue weighted by Gasteiger charge is -2.29. The van der Waals surface area contributed by atoms with Gasteiger partial charge in [-0.25, -0.2) is 4.79 Å². The SMILES string of the molecule is C=CCNc1nnc(SCC(=O)NC(=O)N[C@H]2CCCC[C@H]2C)s1. The van der Waals surface area contributed by atoms with E-state index in [1.165, 1.54) is 29.5 Å². The topological polar surface area (TPSA) is 96.0 Å². The summed E-state index contributed by atoms with van der Waals surface area (Å²) in [4.78, 5) is 23.8. The standard InChI is InChI=1S/C15H23N5O2S2/c1-3-8-16-14-19-20-15(24-14)23-9-12(21)18-13(22)17-11-7-5-4-6-10(11)2/h3,10-11H,1,4-9H2,2H3,(H,16,19)(H2,17,18,21,22)/t10-,11+/m1/s1. The van der Waals surface area contributed by atoms with Crippen LogP contribution >= 0.6 is 23.1 Å². The zero-order chi connectivity index (χ0) is 17.4. The van der Waals surface area contributed by atoms with E-state index in [2.05, 4.69) is 39.7 Å². The average molecular weight is 370 g/mol. The molecule has 3 N–H and O–H groups in total. The number of carbonyl (C=O) groups excluding carboxylic acids is 2. The van der Waals surface area contributed by atoms with Gasteiger partial charge in [-0.15, -0.1) is 16.8 Å². The number of nitrogens with one attached hydrogen (secondary N) is 3. The summed E-state index contributed by atoms with van der Waals surface area (Å²) in [6.07, 6.45) is 6.16. The smallest absolute Gasteiger partial charge is 0.321 e. The van der Waals surface area contributed by atoms with E-state index in [0.717, 1.165) is 19.3 Å². The van der Waals surface area contributed by atoms with Gasteiger partial charge in [-0.1, -0.05) is 48.9 Å². The predicted octanol–water partition coefficient (Wildman–Crippen LogP) is 2.63. The average Bonchev–Trinajstić information content (AvgIpc) is 3.01. The molecule has 0 aromatic carbocycles. The Labute approximate surface area is 150 Å². The van der Waals surface area contributed by atoms with Crippen molar-refractivity contribution >= 4 is 40.2 Å². The summed E-state index contributed by atoms with van der Waals surface area (Å²) in [7, 11) is 0. The van der Waals surface area contributed by atoms with Crippen LogP contribution in [0.15, 0.2) is 17.0 Å². The highest BCUT2D eigenvalue weighted by atomic mass is 32.2. The van der Waals surface area contributed by atoms with E-state index in [-0.39, 0.29) is 17.7 Å². The van der Waals surface area contributed by atoms with Gasteiger partial charge in [0.2, 0.25) is 11.0 Å². The summed E-state index contributed by atoms with van der Waals surface area (Å²) in [5.41, 5.74) is 0. The molecule has 2 atom stereocenters. The summed E-state index contributed by atoms with van der Waals surface area (Å²) in [6, 6.07) is -0.259. The summed E-state index contributed by atoms with van der Waals surface area (Å²) in [6.45, 7) is 6.36. The Morgan fingerprint density at radius 1 is 1.38 bits per heavy atom. The number of carbonyl (C=O) groups is 2. The fourth-order valence-corrected chi connectivity index (χ4v) is 4.08. The fraction of sp³-hybridized carbons (Fsp3) is 0.600. The number of urea groups is 1. The Kier molecular flexibility index (Phi) is 7.51. The number of imide groups is 1. The highest BCUT2D eigenvalue weighted by molar-refractivity contribution is 8.01. The Bertz CT molecular complexity index is 578. The van der Waals surface area contributed by atoms with Gasteiger partial charge < -0.3 is 10.6 Å². The van der Waals surface area contributed by atoms with Gasteiger partial charge in [-0.05, 0) is 18.8 Å². The second-order valence-corrected chi connectivity index (χ2v) is 7.92. The van der Waals surface area contributed by atoms with Crippen LogP contribution in [0.4, 0.5) is 9.93 Å². The molecular formula is C15H23N5O2S2. The van der Waals surface area contributed by atoms with Crippen LogP contribution < -0.4 is 16.0 Å². The molecule has 132 valence electrons. The van der Waals surface area contributed by atoms with Crippen molar-refractivity contribution in [2.24, 2.45) is 5.92 Å². The number of anilines is 1. The third-order valence-electron chi connectivity index (χ3n) is 3.81. The predicted molar refractivity (Wildman–Crippen MR) is 97.4 cm³/mol. The summed E-state index contributed by atoms with van der Waals surface area (Å²) in [5, 5.41) is 16.9. The largest absolute Gasteiger partial charge is 0.357 e. The Morgan fingerprint density at radius 2 is 2.17 bits per heavy atom. The van der Waals surface area contributed by atoms with Crippen molar-refractivity contribution in [1.82, 2.24) is 20.8 Å². The molecule has 0 saturated heterocycles. The van der Waals surface area contributed by atoms with Crippen LogP contribution in [0.3, 0.4) is 0 Å². The van der Waals surface area contributed by atoms with Gasteiger partial charge in [-0.3, -0.25) is 10.1 Å². The first-order chi connectivity index (χ1) is 11.6. The van der Waals surface area contributed by atoms with Crippen molar-refractivity contribution in [3.05, 3.63) is 12.7 Å². The van der Waals surface area contributed by atoms with E-state index in [0.29, 0.717) is 21.9 Å². The van der Waals surface area contributed by atoms with E-state index in [1.807, 2.05) is 0 Å². The van der Waals surface area contributed by atoms with Crippen LogP contribution in [0.1, 0.15) is 32.6 Å². The molecule has 0 radical (unpaired) electrons. The minimum absolute atomic E-state index is 0.129. The van der Waals surface area contributed by atoms with E-state index in [1.54, 1.807) is 6.08 Å². The van der Waals surface area contributed by atoms with E-state index < -0.39 is 6.03 Å². The van der Waals surface area contributed by atoms with Crippen molar-refractivity contribution in [2.45, 2.75) is 43.0 Å². The highest BCUT2D eigenvalue weighted by Crippen LogP contribution is 2.25. The van der Waals surface area contributed by atoms with Crippen LogP contribution in [0.5, 0.6) is 0 Å². The van der Waals surface area contributed by atoms with Crippen LogP contribution in [-0.2, 0) is 4.79 Å². The molecule has 0 unspecified atom stereocenters. The molecule has 3 amide bonds. The molecule has 1 heterocycles. The van der Waals surface area contributed by atoms with Crippen molar-refractivity contribution in [1.29, 1.82) is 0 Å². The summed E-state index contributed by atoms with van der Waals surface area (Å²) in [5.74, 6) is 0.248. The lowest BCUT2D eigenvalue weighted by molar-refractivity contribution is -0.117. The molecular weight excluding hydrogens is 346 g/mol. The Hall–Kier alpha value is -1.61. The van der Waals surface area contributed by atoms with Gasteiger partial charge in [0.05, 0.1) is 5.75 Å². The number of hydrogen-bond acceptors (Lipinski definition) is 7. The molecule has 0 aliphatic heterocycles. The van der Waals surface area contributed by atoms with Crippen LogP contribution in [0.2, 0.25) is 0 Å². The van der Waals surface area contributed by atoms with Crippen LogP contribution in [0, 0.1) is 5.92 Å². The first kappa shape index (κ1) is 18.7. The maximum atomic E-state index is 11.9. The Morgan fingerprint density at radius 3 is 2.92 bits per heavy atom. The van der Waals surface area contributed by atoms with Gasteiger partial charge >= 0.3 is 6.03 Å². The van der Waals surface area contributed by atoms with Gasteiger partial charge in [0.1, 0.15) is 0 Å². The first-order valence-electron chi connectivity index (χ1n) is 8.00. The first-order valence-corrected chi connectivity index (χ1v) is 9.80. The lowest BCUT2D eigenvalue weighted by Crippen LogP contribution is -2.48. The lowest BCUT2D eigenvalue weighted by atomic mass is 9.86. The molecule has 1 aromatic heterocycles. The van der Waals surface area contributed by atoms with Crippen molar-refractivity contribution in [3.8, 4) is 0 Å². The molecule has 1 aliphatic rings. The molecule has 1 saturated carbocycles. The summed E-state index contributed by atoms with van der Waals surface area (Å²) < 4.78 is 0.679. The molecule has 9 heteroatoms. The molecule has 2 rings (SSSR count). The zero-order valence-electron chi connectivity index (χ0n) is 13.7. The molecule has 0 bridgehead atoms. The number of rotatable bonds is 7. The van der Waals surface area contributed by atoms with E-state index in [9.17, 15) is 9.59 Å². The van der Waals surface area contributed by atoms with E-state index >= 15 is 0 Å².